The van der Waals surface area contributed by atoms with Crippen molar-refractivity contribution in [3.8, 4) is 0 Å². The number of carbonyl (C=O) groups excluding carboxylic acids is 1. The third-order valence-corrected chi connectivity index (χ3v) is 3.95. The average Bonchev–Trinajstić information content (AvgIpc) is 2.97. The second kappa shape index (κ2) is 4.44. The van der Waals surface area contributed by atoms with Crippen molar-refractivity contribution in [1.82, 2.24) is 5.32 Å². The summed E-state index contributed by atoms with van der Waals surface area (Å²) in [5.74, 6) is 0.134. The maximum Gasteiger partial charge on any atom is 0.258 e. The Morgan fingerprint density at radius 3 is 2.87 bits per heavy atom. The van der Waals surface area contributed by atoms with E-state index >= 15 is 0 Å². The van der Waals surface area contributed by atoms with Gasteiger partial charge >= 0.3 is 0 Å². The predicted molar refractivity (Wildman–Crippen MR) is 64.4 cm³/mol. The van der Waals surface area contributed by atoms with Crippen molar-refractivity contribution in [2.45, 2.75) is 45.6 Å². The Kier molecular flexibility index (Phi) is 3.19. The maximum absolute atomic E-state index is 11.9. The molecule has 15 heavy (non-hydrogen) atoms. The lowest BCUT2D eigenvalue weighted by molar-refractivity contribution is -0.117. The van der Waals surface area contributed by atoms with E-state index in [2.05, 4.69) is 25.2 Å². The van der Waals surface area contributed by atoms with E-state index in [0.717, 1.165) is 30.6 Å². The van der Waals surface area contributed by atoms with Gasteiger partial charge in [-0.15, -0.1) is 0 Å². The summed E-state index contributed by atoms with van der Waals surface area (Å²) in [5, 5.41) is 3.06. The minimum atomic E-state index is 0.134. The quantitative estimate of drug-likeness (QED) is 0.779. The molecule has 1 aliphatic heterocycles. The molecule has 0 unspecified atom stereocenters. The fraction of sp³-hybridized carbons (Fsp3) is 0.583. The van der Waals surface area contributed by atoms with Crippen molar-refractivity contribution in [2.75, 3.05) is 0 Å². The van der Waals surface area contributed by atoms with E-state index in [0.29, 0.717) is 6.04 Å². The fourth-order valence-electron chi connectivity index (χ4n) is 1.61. The van der Waals surface area contributed by atoms with E-state index in [1.165, 1.54) is 10.5 Å². The molecule has 1 saturated carbocycles. The Bertz CT molecular complexity index is 340. The molecule has 1 heterocycles. The molecule has 2 nitrogen and oxygen atoms in total. The minimum Gasteiger partial charge on any atom is -0.349 e. The van der Waals surface area contributed by atoms with Gasteiger partial charge < -0.3 is 5.32 Å². The molecule has 0 spiro atoms. The monoisotopic (exact) mass is 223 g/mol. The second-order valence-electron chi connectivity index (χ2n) is 4.31. The normalized spacial score (nSPS) is 22.1. The zero-order chi connectivity index (χ0) is 10.8. The number of nitrogens with one attached hydrogen (secondary N) is 1. The zero-order valence-electron chi connectivity index (χ0n) is 9.30. The molecule has 2 rings (SSSR count). The lowest BCUT2D eigenvalue weighted by atomic mass is 10.1. The zero-order valence-corrected chi connectivity index (χ0v) is 10.1. The van der Waals surface area contributed by atoms with Crippen LogP contribution in [-0.2, 0) is 4.79 Å². The van der Waals surface area contributed by atoms with Crippen molar-refractivity contribution in [3.63, 3.8) is 0 Å². The molecule has 0 radical (unpaired) electrons. The molecule has 0 aromatic heterocycles. The highest BCUT2D eigenvalue weighted by Crippen LogP contribution is 2.33. The van der Waals surface area contributed by atoms with Crippen LogP contribution in [0.3, 0.4) is 0 Å². The van der Waals surface area contributed by atoms with Crippen LogP contribution in [0.1, 0.15) is 39.5 Å². The predicted octanol–water partition coefficient (Wildman–Crippen LogP) is 2.97. The number of allylic oxidation sites excluding steroid dienone is 3. The van der Waals surface area contributed by atoms with Crippen LogP contribution < -0.4 is 5.32 Å². The van der Waals surface area contributed by atoms with Gasteiger partial charge in [0.05, 0.1) is 4.91 Å². The molecular weight excluding hydrogens is 206 g/mol. The molecule has 1 N–H and O–H groups in total. The van der Waals surface area contributed by atoms with Gasteiger partial charge in [-0.2, -0.15) is 0 Å². The van der Waals surface area contributed by atoms with Crippen LogP contribution in [-0.4, -0.2) is 11.9 Å². The molecule has 0 saturated heterocycles. The summed E-state index contributed by atoms with van der Waals surface area (Å²) in [5.41, 5.74) is 1.23. The van der Waals surface area contributed by atoms with Gasteiger partial charge in [-0.05, 0) is 44.4 Å². The van der Waals surface area contributed by atoms with Crippen LogP contribution in [0.4, 0.5) is 0 Å². The summed E-state index contributed by atoms with van der Waals surface area (Å²) >= 11 is 1.62. The minimum absolute atomic E-state index is 0.134. The molecule has 3 heteroatoms. The van der Waals surface area contributed by atoms with Crippen LogP contribution >= 0.6 is 11.8 Å². The van der Waals surface area contributed by atoms with Crippen molar-refractivity contribution >= 4 is 17.7 Å². The molecule has 82 valence electrons. The SMILES string of the molecule is CC1=CCCC(C)=C(C(=O)NC2CC2)S1. The highest BCUT2D eigenvalue weighted by Gasteiger charge is 2.26. The maximum atomic E-state index is 11.9. The molecule has 2 aliphatic rings. The molecule has 0 aromatic rings. The Morgan fingerprint density at radius 1 is 1.47 bits per heavy atom. The topological polar surface area (TPSA) is 29.1 Å². The highest BCUT2D eigenvalue weighted by molar-refractivity contribution is 8.07. The largest absolute Gasteiger partial charge is 0.349 e. The first-order valence-corrected chi connectivity index (χ1v) is 6.33. The summed E-state index contributed by atoms with van der Waals surface area (Å²) in [6.07, 6.45) is 6.59. The first kappa shape index (κ1) is 10.8. The van der Waals surface area contributed by atoms with Crippen LogP contribution in [0.25, 0.3) is 0 Å². The van der Waals surface area contributed by atoms with Crippen LogP contribution in [0.15, 0.2) is 21.5 Å². The Labute approximate surface area is 95.2 Å². The van der Waals surface area contributed by atoms with Crippen molar-refractivity contribution in [3.05, 3.63) is 21.5 Å². The Morgan fingerprint density at radius 2 is 2.20 bits per heavy atom. The van der Waals surface area contributed by atoms with E-state index in [4.69, 9.17) is 0 Å². The second-order valence-corrected chi connectivity index (χ2v) is 5.57. The number of hydrogen-bond acceptors (Lipinski definition) is 2. The van der Waals surface area contributed by atoms with E-state index in [1.807, 2.05) is 0 Å². The molecule has 1 amide bonds. The van der Waals surface area contributed by atoms with Crippen LogP contribution in [0.5, 0.6) is 0 Å². The third-order valence-electron chi connectivity index (χ3n) is 2.72. The van der Waals surface area contributed by atoms with Gasteiger partial charge in [0.25, 0.3) is 5.91 Å². The average molecular weight is 223 g/mol. The molecular formula is C12H17NOS. The molecule has 1 aliphatic carbocycles. The highest BCUT2D eigenvalue weighted by atomic mass is 32.2. The van der Waals surface area contributed by atoms with Crippen LogP contribution in [0, 0.1) is 0 Å². The molecule has 0 aromatic carbocycles. The van der Waals surface area contributed by atoms with Gasteiger partial charge in [-0.1, -0.05) is 23.4 Å². The van der Waals surface area contributed by atoms with Gasteiger partial charge in [0.2, 0.25) is 0 Å². The molecule has 1 fully saturated rings. The summed E-state index contributed by atoms with van der Waals surface area (Å²) in [7, 11) is 0. The summed E-state index contributed by atoms with van der Waals surface area (Å²) in [6.45, 7) is 4.15. The van der Waals surface area contributed by atoms with Crippen molar-refractivity contribution in [1.29, 1.82) is 0 Å². The lowest BCUT2D eigenvalue weighted by Gasteiger charge is -2.09. The fourth-order valence-corrected chi connectivity index (χ4v) is 2.57. The first-order chi connectivity index (χ1) is 7.16. The van der Waals surface area contributed by atoms with E-state index in [-0.39, 0.29) is 5.91 Å². The first-order valence-electron chi connectivity index (χ1n) is 5.52. The molecule has 0 bridgehead atoms. The van der Waals surface area contributed by atoms with Gasteiger partial charge in [0.1, 0.15) is 0 Å². The smallest absolute Gasteiger partial charge is 0.258 e. The van der Waals surface area contributed by atoms with Crippen molar-refractivity contribution < 1.29 is 4.79 Å². The molecule has 0 atom stereocenters. The number of rotatable bonds is 2. The summed E-state index contributed by atoms with van der Waals surface area (Å²) < 4.78 is 0. The third kappa shape index (κ3) is 2.88. The Hall–Kier alpha value is -0.700. The number of carbonyl (C=O) groups is 1. The van der Waals surface area contributed by atoms with Gasteiger partial charge in [-0.3, -0.25) is 4.79 Å². The van der Waals surface area contributed by atoms with Gasteiger partial charge in [0.15, 0.2) is 0 Å². The summed E-state index contributed by atoms with van der Waals surface area (Å²) in [6, 6.07) is 0.450. The van der Waals surface area contributed by atoms with E-state index in [9.17, 15) is 4.79 Å². The van der Waals surface area contributed by atoms with Crippen LogP contribution in [0.2, 0.25) is 0 Å². The van der Waals surface area contributed by atoms with Crippen molar-refractivity contribution in [2.24, 2.45) is 0 Å². The lowest BCUT2D eigenvalue weighted by Crippen LogP contribution is -2.26. The van der Waals surface area contributed by atoms with E-state index in [1.54, 1.807) is 11.8 Å². The Balaban J connectivity index is 2.08. The summed E-state index contributed by atoms with van der Waals surface area (Å²) in [4.78, 5) is 14.1. The number of thioether (sulfide) groups is 1. The standard InChI is InChI=1S/C12H17NOS/c1-8-4-3-5-9(2)15-11(8)12(14)13-10-6-7-10/h5,10H,3-4,6-7H2,1-2H3,(H,13,14). The number of amides is 1. The number of hydrogen-bond donors (Lipinski definition) is 1. The van der Waals surface area contributed by atoms with Gasteiger partial charge in [-0.25, -0.2) is 0 Å². The van der Waals surface area contributed by atoms with Gasteiger partial charge in [0, 0.05) is 6.04 Å². The van der Waals surface area contributed by atoms with E-state index < -0.39 is 0 Å².